The van der Waals surface area contributed by atoms with E-state index in [9.17, 15) is 4.79 Å². The third kappa shape index (κ3) is 2.71. The van der Waals surface area contributed by atoms with E-state index in [1.165, 1.54) is 0 Å². The van der Waals surface area contributed by atoms with E-state index in [-0.39, 0.29) is 5.56 Å². The van der Waals surface area contributed by atoms with Gasteiger partial charge in [0.2, 0.25) is 0 Å². The van der Waals surface area contributed by atoms with Gasteiger partial charge in [-0.3, -0.25) is 14.9 Å². The molecule has 0 amide bonds. The monoisotopic (exact) mass is 317 g/mol. The van der Waals surface area contributed by atoms with Gasteiger partial charge in [-0.05, 0) is 31.9 Å². The molecule has 1 saturated carbocycles. The van der Waals surface area contributed by atoms with E-state index in [2.05, 4.69) is 5.10 Å². The fourth-order valence-corrected chi connectivity index (χ4v) is 2.85. The van der Waals surface area contributed by atoms with Crippen LogP contribution in [0.4, 0.5) is 0 Å². The zero-order chi connectivity index (χ0) is 16.5. The number of nitrogens with zero attached hydrogens (tertiary/aromatic N) is 2. The normalized spacial score (nSPS) is 14.8. The van der Waals surface area contributed by atoms with Crippen LogP contribution in [-0.2, 0) is 0 Å². The quantitative estimate of drug-likeness (QED) is 0.736. The molecule has 1 N–H and O–H groups in total. The second-order valence-electron chi connectivity index (χ2n) is 6.16. The van der Waals surface area contributed by atoms with Crippen LogP contribution in [0, 0.1) is 6.92 Å². The molecule has 0 unspecified atom stereocenters. The molecular weight excluding hydrogens is 298 g/mol. The summed E-state index contributed by atoms with van der Waals surface area (Å²) in [6.45, 7) is 1.93. The summed E-state index contributed by atoms with van der Waals surface area (Å²) in [6.07, 6.45) is 2.21. The number of benzene rings is 2. The van der Waals surface area contributed by atoms with Crippen molar-refractivity contribution in [2.45, 2.75) is 25.8 Å². The van der Waals surface area contributed by atoms with E-state index in [0.717, 1.165) is 35.5 Å². The van der Waals surface area contributed by atoms with Crippen molar-refractivity contribution in [1.82, 2.24) is 9.78 Å². The van der Waals surface area contributed by atoms with Gasteiger partial charge in [-0.1, -0.05) is 48.5 Å². The van der Waals surface area contributed by atoms with E-state index >= 15 is 0 Å². The summed E-state index contributed by atoms with van der Waals surface area (Å²) in [5.41, 5.74) is 4.07. The van der Waals surface area contributed by atoms with Crippen molar-refractivity contribution in [3.8, 4) is 5.69 Å². The number of aromatic nitrogens is 2. The van der Waals surface area contributed by atoms with Gasteiger partial charge >= 0.3 is 0 Å². The number of para-hydroxylation sites is 1. The van der Waals surface area contributed by atoms with E-state index < -0.39 is 0 Å². The molecule has 0 bridgehead atoms. The van der Waals surface area contributed by atoms with Gasteiger partial charge in [0.05, 0.1) is 23.0 Å². The highest BCUT2D eigenvalue weighted by molar-refractivity contribution is 6.13. The first kappa shape index (κ1) is 14.7. The Kier molecular flexibility index (Phi) is 3.65. The predicted octanol–water partition coefficient (Wildman–Crippen LogP) is 3.47. The maximum atomic E-state index is 13.1. The maximum absolute atomic E-state index is 13.1. The Labute approximate surface area is 140 Å². The van der Waals surface area contributed by atoms with Gasteiger partial charge in [-0.15, -0.1) is 0 Å². The number of rotatable bonds is 4. The Hall–Kier alpha value is -2.88. The maximum Gasteiger partial charge on any atom is 0.280 e. The average molecular weight is 317 g/mol. The average Bonchev–Trinajstić information content (AvgIpc) is 3.39. The number of nitrogens with one attached hydrogen (secondary N) is 1. The summed E-state index contributed by atoms with van der Waals surface area (Å²) < 4.78 is 1.59. The largest absolute Gasteiger partial charge is 0.295 e. The Bertz CT molecular complexity index is 932. The molecule has 0 radical (unpaired) electrons. The van der Waals surface area contributed by atoms with Crippen molar-refractivity contribution in [3.63, 3.8) is 0 Å². The van der Waals surface area contributed by atoms with Crippen LogP contribution < -0.4 is 5.56 Å². The Morgan fingerprint density at radius 1 is 1.04 bits per heavy atom. The molecule has 0 atom stereocenters. The third-order valence-corrected chi connectivity index (χ3v) is 4.23. The second kappa shape index (κ2) is 5.96. The van der Waals surface area contributed by atoms with Crippen LogP contribution in [0.2, 0.25) is 0 Å². The summed E-state index contributed by atoms with van der Waals surface area (Å²) in [7, 11) is 0. The molecule has 2 aromatic carbocycles. The van der Waals surface area contributed by atoms with Crippen molar-refractivity contribution in [2.24, 2.45) is 4.99 Å². The molecule has 0 saturated heterocycles. The first-order valence-corrected chi connectivity index (χ1v) is 8.24. The molecule has 3 aromatic rings. The Balaban J connectivity index is 1.88. The predicted molar refractivity (Wildman–Crippen MR) is 96.2 cm³/mol. The fraction of sp³-hybridized carbons (Fsp3) is 0.200. The Morgan fingerprint density at radius 3 is 2.29 bits per heavy atom. The number of aromatic amines is 1. The smallest absolute Gasteiger partial charge is 0.280 e. The first-order valence-electron chi connectivity index (χ1n) is 8.24. The Morgan fingerprint density at radius 2 is 1.67 bits per heavy atom. The SMILES string of the molecule is Cc1[nH]n(-c2ccccc2)c(=O)c1C(=NC1CC1)c1ccccc1. The van der Waals surface area contributed by atoms with Crippen molar-refractivity contribution in [1.29, 1.82) is 0 Å². The minimum atomic E-state index is -0.0537. The lowest BCUT2D eigenvalue weighted by Crippen LogP contribution is -2.21. The highest BCUT2D eigenvalue weighted by Crippen LogP contribution is 2.26. The minimum Gasteiger partial charge on any atom is -0.295 e. The molecule has 1 fully saturated rings. The summed E-state index contributed by atoms with van der Waals surface area (Å²) in [5.74, 6) is 0. The van der Waals surface area contributed by atoms with Crippen LogP contribution in [0.3, 0.4) is 0 Å². The summed E-state index contributed by atoms with van der Waals surface area (Å²) in [6, 6.07) is 19.9. The molecule has 1 aliphatic carbocycles. The van der Waals surface area contributed by atoms with Gasteiger partial charge < -0.3 is 0 Å². The molecule has 1 heterocycles. The van der Waals surface area contributed by atoms with E-state index in [1.54, 1.807) is 4.68 Å². The number of aliphatic imine (C=N–C) groups is 1. The minimum absolute atomic E-state index is 0.0537. The standard InChI is InChI=1S/C20H19N3O/c1-14-18(20(24)23(22-14)17-10-6-3-7-11-17)19(21-16-12-13-16)15-8-4-2-5-9-15/h2-11,16,22H,12-13H2,1H3. The number of H-pyrrole nitrogens is 1. The number of hydrogen-bond donors (Lipinski definition) is 1. The summed E-state index contributed by atoms with van der Waals surface area (Å²) in [5, 5.41) is 3.20. The van der Waals surface area contributed by atoms with E-state index in [0.29, 0.717) is 11.6 Å². The highest BCUT2D eigenvalue weighted by atomic mass is 16.1. The van der Waals surface area contributed by atoms with Crippen LogP contribution in [0.1, 0.15) is 29.7 Å². The topological polar surface area (TPSA) is 50.1 Å². The zero-order valence-electron chi connectivity index (χ0n) is 13.6. The van der Waals surface area contributed by atoms with Crippen LogP contribution in [0.5, 0.6) is 0 Å². The summed E-state index contributed by atoms with van der Waals surface area (Å²) in [4.78, 5) is 17.9. The lowest BCUT2D eigenvalue weighted by Gasteiger charge is -2.05. The van der Waals surface area contributed by atoms with Crippen molar-refractivity contribution in [2.75, 3.05) is 0 Å². The molecule has 0 aliphatic heterocycles. The lowest BCUT2D eigenvalue weighted by molar-refractivity contribution is 0.835. The number of aryl methyl sites for hydroxylation is 1. The molecule has 120 valence electrons. The van der Waals surface area contributed by atoms with Gasteiger partial charge in [-0.2, -0.15) is 0 Å². The van der Waals surface area contributed by atoms with Gasteiger partial charge in [0, 0.05) is 11.3 Å². The molecule has 1 aromatic heterocycles. The molecule has 4 rings (SSSR count). The third-order valence-electron chi connectivity index (χ3n) is 4.23. The molecule has 1 aliphatic rings. The lowest BCUT2D eigenvalue weighted by atomic mass is 10.0. The van der Waals surface area contributed by atoms with Gasteiger partial charge in [0.25, 0.3) is 5.56 Å². The fourth-order valence-electron chi connectivity index (χ4n) is 2.85. The highest BCUT2D eigenvalue weighted by Gasteiger charge is 2.25. The molecule has 4 heteroatoms. The van der Waals surface area contributed by atoms with Gasteiger partial charge in [0.1, 0.15) is 0 Å². The van der Waals surface area contributed by atoms with Crippen LogP contribution in [0.25, 0.3) is 5.69 Å². The van der Waals surface area contributed by atoms with E-state index in [1.807, 2.05) is 67.6 Å². The number of hydrogen-bond acceptors (Lipinski definition) is 2. The van der Waals surface area contributed by atoms with Gasteiger partial charge in [-0.25, -0.2) is 4.68 Å². The first-order chi connectivity index (χ1) is 11.7. The van der Waals surface area contributed by atoms with Crippen LogP contribution >= 0.6 is 0 Å². The molecule has 24 heavy (non-hydrogen) atoms. The zero-order valence-corrected chi connectivity index (χ0v) is 13.6. The van der Waals surface area contributed by atoms with Crippen molar-refractivity contribution >= 4 is 5.71 Å². The van der Waals surface area contributed by atoms with Gasteiger partial charge in [0.15, 0.2) is 0 Å². The molecular formula is C20H19N3O. The molecule has 0 spiro atoms. The molecule has 4 nitrogen and oxygen atoms in total. The van der Waals surface area contributed by atoms with E-state index in [4.69, 9.17) is 4.99 Å². The van der Waals surface area contributed by atoms with Crippen molar-refractivity contribution in [3.05, 3.63) is 87.8 Å². The van der Waals surface area contributed by atoms with Crippen LogP contribution in [0.15, 0.2) is 70.5 Å². The van der Waals surface area contributed by atoms with Crippen LogP contribution in [-0.4, -0.2) is 21.5 Å². The summed E-state index contributed by atoms with van der Waals surface area (Å²) >= 11 is 0. The van der Waals surface area contributed by atoms with Crippen molar-refractivity contribution < 1.29 is 0 Å². The second-order valence-corrected chi connectivity index (χ2v) is 6.16.